The second kappa shape index (κ2) is 12.0. The van der Waals surface area contributed by atoms with Crippen LogP contribution in [0.3, 0.4) is 0 Å². The molecule has 1 saturated heterocycles. The molecular weight excluding hydrogens is 496 g/mol. The van der Waals surface area contributed by atoms with Gasteiger partial charge in [-0.1, -0.05) is 37.0 Å². The summed E-state index contributed by atoms with van der Waals surface area (Å²) in [6.45, 7) is 4.35. The third kappa shape index (κ3) is 6.73. The molecule has 3 amide bonds. The molecule has 2 heterocycles. The highest BCUT2D eigenvalue weighted by Gasteiger charge is 2.22. The van der Waals surface area contributed by atoms with Crippen LogP contribution < -0.4 is 21.3 Å². The van der Waals surface area contributed by atoms with Crippen LogP contribution in [0.2, 0.25) is 0 Å². The van der Waals surface area contributed by atoms with Gasteiger partial charge in [0.2, 0.25) is 11.9 Å². The van der Waals surface area contributed by atoms with Crippen molar-refractivity contribution < 1.29 is 14.7 Å². The van der Waals surface area contributed by atoms with Crippen LogP contribution in [0, 0.1) is 6.92 Å². The van der Waals surface area contributed by atoms with Gasteiger partial charge in [0.25, 0.3) is 5.91 Å². The van der Waals surface area contributed by atoms with Crippen LogP contribution in [0.1, 0.15) is 59.8 Å². The molecule has 5 rings (SSSR count). The van der Waals surface area contributed by atoms with E-state index < -0.39 is 0 Å². The average Bonchev–Trinajstić information content (AvgIpc) is 3.35. The number of benzene rings is 2. The molecule has 0 bridgehead atoms. The number of anilines is 4. The molecular formula is C28H34N8O3. The first-order chi connectivity index (χ1) is 18.9. The number of carbonyl (C=O) groups excluding carboxylic acids is 2. The topological polar surface area (TPSA) is 144 Å². The van der Waals surface area contributed by atoms with Crippen molar-refractivity contribution >= 4 is 35.2 Å². The number of phenolic OH excluding ortho intramolecular Hbond substituents is 1. The maximum absolute atomic E-state index is 12.6. The highest BCUT2D eigenvalue weighted by atomic mass is 16.3. The summed E-state index contributed by atoms with van der Waals surface area (Å²) in [5.41, 5.74) is 2.44. The van der Waals surface area contributed by atoms with Crippen molar-refractivity contribution in [2.24, 2.45) is 0 Å². The number of amides is 3. The average molecular weight is 531 g/mol. The van der Waals surface area contributed by atoms with Crippen molar-refractivity contribution in [3.05, 3.63) is 59.4 Å². The second-order valence-electron chi connectivity index (χ2n) is 10.00. The van der Waals surface area contributed by atoms with Crippen LogP contribution in [0.5, 0.6) is 5.75 Å². The minimum atomic E-state index is -0.303. The fraction of sp³-hybridized carbons (Fsp3) is 0.393. The SMILES string of the molecule is Cc1ccc(C(=O)Nc2ccc(Nc3nc(NCCN4CCNC4=O)nc(C4CCCCC4)n3)cc2O)cc1. The number of aryl methyl sites for hydroxylation is 1. The summed E-state index contributed by atoms with van der Waals surface area (Å²) in [5, 5.41) is 22.6. The number of carbonyl (C=O) groups is 2. The first kappa shape index (κ1) is 26.2. The van der Waals surface area contributed by atoms with Gasteiger partial charge in [0, 0.05) is 49.4 Å². The Morgan fingerprint density at radius 1 is 1.05 bits per heavy atom. The zero-order valence-corrected chi connectivity index (χ0v) is 22.0. The van der Waals surface area contributed by atoms with Crippen molar-refractivity contribution in [3.8, 4) is 5.75 Å². The quantitative estimate of drug-likeness (QED) is 0.257. The lowest BCUT2D eigenvalue weighted by Crippen LogP contribution is -2.32. The molecule has 5 N–H and O–H groups in total. The Labute approximate surface area is 227 Å². The lowest BCUT2D eigenvalue weighted by Gasteiger charge is -2.21. The van der Waals surface area contributed by atoms with E-state index in [1.54, 1.807) is 29.2 Å². The first-order valence-electron chi connectivity index (χ1n) is 13.5. The summed E-state index contributed by atoms with van der Waals surface area (Å²) < 4.78 is 0. The van der Waals surface area contributed by atoms with Gasteiger partial charge < -0.3 is 31.3 Å². The minimum Gasteiger partial charge on any atom is -0.506 e. The Morgan fingerprint density at radius 2 is 1.82 bits per heavy atom. The van der Waals surface area contributed by atoms with E-state index in [2.05, 4.69) is 26.3 Å². The Balaban J connectivity index is 1.29. The zero-order chi connectivity index (χ0) is 27.2. The van der Waals surface area contributed by atoms with Gasteiger partial charge in [-0.15, -0.1) is 0 Å². The van der Waals surface area contributed by atoms with Crippen LogP contribution >= 0.6 is 0 Å². The zero-order valence-electron chi connectivity index (χ0n) is 22.0. The van der Waals surface area contributed by atoms with E-state index in [1.807, 2.05) is 19.1 Å². The molecule has 2 aromatic carbocycles. The summed E-state index contributed by atoms with van der Waals surface area (Å²) in [7, 11) is 0. The van der Waals surface area contributed by atoms with Gasteiger partial charge in [0.15, 0.2) is 0 Å². The van der Waals surface area contributed by atoms with E-state index in [1.165, 1.54) is 12.5 Å². The number of nitrogens with one attached hydrogen (secondary N) is 4. The van der Waals surface area contributed by atoms with E-state index in [0.717, 1.165) is 37.1 Å². The van der Waals surface area contributed by atoms with Crippen molar-refractivity contribution in [2.45, 2.75) is 44.9 Å². The fourth-order valence-electron chi connectivity index (χ4n) is 4.84. The number of nitrogens with zero attached hydrogens (tertiary/aromatic N) is 4. The molecule has 3 aromatic rings. The van der Waals surface area contributed by atoms with Crippen LogP contribution in [0.4, 0.5) is 28.1 Å². The molecule has 0 radical (unpaired) electrons. The minimum absolute atomic E-state index is 0.0593. The van der Waals surface area contributed by atoms with E-state index in [9.17, 15) is 14.7 Å². The Morgan fingerprint density at radius 3 is 2.54 bits per heavy atom. The maximum Gasteiger partial charge on any atom is 0.317 e. The fourth-order valence-corrected chi connectivity index (χ4v) is 4.84. The standard InChI is InChI=1S/C28H34N8O3/c1-18-7-9-20(10-8-18)25(38)32-22-12-11-21(17-23(22)37)31-27-34-24(19-5-3-2-4-6-19)33-26(35-27)29-13-15-36-16-14-30-28(36)39/h7-12,17,19,37H,2-6,13-16H2,1H3,(H,30,39)(H,32,38)(H2,29,31,33,34,35). The molecule has 1 saturated carbocycles. The number of rotatable bonds is 9. The van der Waals surface area contributed by atoms with E-state index >= 15 is 0 Å². The summed E-state index contributed by atoms with van der Waals surface area (Å²) in [6.07, 6.45) is 5.59. The van der Waals surface area contributed by atoms with Crippen molar-refractivity contribution in [1.29, 1.82) is 0 Å². The Kier molecular flexibility index (Phi) is 8.04. The molecule has 0 unspecified atom stereocenters. The monoisotopic (exact) mass is 530 g/mol. The van der Waals surface area contributed by atoms with E-state index in [0.29, 0.717) is 55.0 Å². The van der Waals surface area contributed by atoms with Gasteiger partial charge in [-0.05, 0) is 44.0 Å². The molecule has 1 aliphatic heterocycles. The molecule has 11 nitrogen and oxygen atoms in total. The number of aromatic hydroxyl groups is 1. The van der Waals surface area contributed by atoms with Crippen LogP contribution in [0.15, 0.2) is 42.5 Å². The lowest BCUT2D eigenvalue weighted by molar-refractivity contribution is 0.102. The molecule has 39 heavy (non-hydrogen) atoms. The molecule has 0 atom stereocenters. The van der Waals surface area contributed by atoms with Gasteiger partial charge in [0.05, 0.1) is 5.69 Å². The molecule has 1 aliphatic carbocycles. The largest absolute Gasteiger partial charge is 0.506 e. The highest BCUT2D eigenvalue weighted by Crippen LogP contribution is 2.32. The molecule has 11 heteroatoms. The molecule has 2 fully saturated rings. The van der Waals surface area contributed by atoms with Gasteiger partial charge in [-0.2, -0.15) is 15.0 Å². The third-order valence-corrected chi connectivity index (χ3v) is 7.05. The first-order valence-corrected chi connectivity index (χ1v) is 13.5. The van der Waals surface area contributed by atoms with Crippen molar-refractivity contribution in [3.63, 3.8) is 0 Å². The lowest BCUT2D eigenvalue weighted by atomic mass is 9.89. The number of hydrogen-bond donors (Lipinski definition) is 5. The predicted octanol–water partition coefficient (Wildman–Crippen LogP) is 4.37. The predicted molar refractivity (Wildman–Crippen MR) is 150 cm³/mol. The third-order valence-electron chi connectivity index (χ3n) is 7.05. The normalized spacial score (nSPS) is 15.6. The molecule has 204 valence electrons. The summed E-state index contributed by atoms with van der Waals surface area (Å²) >= 11 is 0. The molecule has 2 aliphatic rings. The molecule has 0 spiro atoms. The van der Waals surface area contributed by atoms with E-state index in [-0.39, 0.29) is 23.6 Å². The van der Waals surface area contributed by atoms with Crippen molar-refractivity contribution in [1.82, 2.24) is 25.2 Å². The number of urea groups is 1. The molecule has 1 aromatic heterocycles. The number of phenols is 1. The highest BCUT2D eigenvalue weighted by molar-refractivity contribution is 6.05. The Hall–Kier alpha value is -4.41. The van der Waals surface area contributed by atoms with E-state index in [4.69, 9.17) is 9.97 Å². The Bertz CT molecular complexity index is 1320. The van der Waals surface area contributed by atoms with Gasteiger partial charge in [-0.25, -0.2) is 4.79 Å². The summed E-state index contributed by atoms with van der Waals surface area (Å²) in [5.74, 6) is 1.42. The van der Waals surface area contributed by atoms with Gasteiger partial charge in [0.1, 0.15) is 11.6 Å². The smallest absolute Gasteiger partial charge is 0.317 e. The number of hydrogen-bond acceptors (Lipinski definition) is 8. The second-order valence-corrected chi connectivity index (χ2v) is 10.00. The van der Waals surface area contributed by atoms with Gasteiger partial charge >= 0.3 is 6.03 Å². The maximum atomic E-state index is 12.6. The van der Waals surface area contributed by atoms with Crippen molar-refractivity contribution in [2.75, 3.05) is 42.1 Å². The van der Waals surface area contributed by atoms with Crippen LogP contribution in [-0.4, -0.2) is 63.1 Å². The number of aromatic nitrogens is 3. The van der Waals surface area contributed by atoms with Crippen LogP contribution in [-0.2, 0) is 0 Å². The van der Waals surface area contributed by atoms with Crippen LogP contribution in [0.25, 0.3) is 0 Å². The van der Waals surface area contributed by atoms with Gasteiger partial charge in [-0.3, -0.25) is 4.79 Å². The summed E-state index contributed by atoms with van der Waals surface area (Å²) in [6, 6.07) is 12.1. The summed E-state index contributed by atoms with van der Waals surface area (Å²) in [4.78, 5) is 40.1.